The Hall–Kier alpha value is -1.38. The van der Waals surface area contributed by atoms with Gasteiger partial charge >= 0.3 is 0 Å². The second-order valence-corrected chi connectivity index (χ2v) is 8.10. The summed E-state index contributed by atoms with van der Waals surface area (Å²) >= 11 is 6.34. The van der Waals surface area contributed by atoms with Crippen LogP contribution in [0.25, 0.3) is 0 Å². The molecule has 27 heavy (non-hydrogen) atoms. The molecule has 0 aliphatic carbocycles. The lowest BCUT2D eigenvalue weighted by Gasteiger charge is -2.34. The molecule has 2 unspecified atom stereocenters. The summed E-state index contributed by atoms with van der Waals surface area (Å²) in [6.45, 7) is 8.33. The van der Waals surface area contributed by atoms with Crippen molar-refractivity contribution in [3.05, 3.63) is 29.3 Å². The molecule has 8 heteroatoms. The van der Waals surface area contributed by atoms with Crippen LogP contribution < -0.4 is 15.6 Å². The summed E-state index contributed by atoms with van der Waals surface area (Å²) in [5.41, 5.74) is 8.03. The van der Waals surface area contributed by atoms with Gasteiger partial charge in [0.2, 0.25) is 0 Å². The van der Waals surface area contributed by atoms with E-state index in [0.717, 1.165) is 51.6 Å². The molecule has 2 N–H and O–H groups in total. The van der Waals surface area contributed by atoms with Crippen molar-refractivity contribution in [2.45, 2.75) is 24.5 Å². The van der Waals surface area contributed by atoms with Crippen LogP contribution in [0.4, 0.5) is 0 Å². The Bertz CT molecular complexity index is 680. The first-order valence-corrected chi connectivity index (χ1v) is 10.1. The van der Waals surface area contributed by atoms with E-state index in [1.54, 1.807) is 0 Å². The predicted molar refractivity (Wildman–Crippen MR) is 105 cm³/mol. The second kappa shape index (κ2) is 8.32. The SMILES string of the molecule is CN1CCN(CCOc2cccc3c2CN(C2CNNC(=O)C2Cl)C3)CC1. The maximum Gasteiger partial charge on any atom is 0.253 e. The number of carbonyl (C=O) groups excluding carboxylic acids is 1. The van der Waals surface area contributed by atoms with Gasteiger partial charge < -0.3 is 9.64 Å². The van der Waals surface area contributed by atoms with Crippen molar-refractivity contribution in [3.8, 4) is 5.75 Å². The number of hydrogen-bond acceptors (Lipinski definition) is 6. The Balaban J connectivity index is 1.35. The lowest BCUT2D eigenvalue weighted by atomic mass is 10.1. The van der Waals surface area contributed by atoms with Crippen molar-refractivity contribution in [2.75, 3.05) is 52.9 Å². The number of nitrogens with one attached hydrogen (secondary N) is 2. The molecule has 3 aliphatic heterocycles. The van der Waals surface area contributed by atoms with Crippen LogP contribution in [0.2, 0.25) is 0 Å². The summed E-state index contributed by atoms with van der Waals surface area (Å²) < 4.78 is 6.15. The van der Waals surface area contributed by atoms with Gasteiger partial charge in [0.25, 0.3) is 5.91 Å². The average Bonchev–Trinajstić information content (AvgIpc) is 3.10. The number of nitrogens with zero attached hydrogens (tertiary/aromatic N) is 3. The molecular formula is C19H28ClN5O2. The molecular weight excluding hydrogens is 366 g/mol. The number of fused-ring (bicyclic) bond motifs is 1. The summed E-state index contributed by atoms with van der Waals surface area (Å²) in [4.78, 5) is 18.9. The number of halogens is 1. The van der Waals surface area contributed by atoms with Gasteiger partial charge in [-0.05, 0) is 18.7 Å². The minimum absolute atomic E-state index is 0.0222. The number of ether oxygens (including phenoxy) is 1. The number of likely N-dealkylation sites (N-methyl/N-ethyl adjacent to an activating group) is 1. The molecule has 3 aliphatic rings. The molecule has 1 amide bonds. The van der Waals surface area contributed by atoms with E-state index in [0.29, 0.717) is 13.2 Å². The zero-order valence-corrected chi connectivity index (χ0v) is 16.5. The minimum atomic E-state index is -0.540. The smallest absolute Gasteiger partial charge is 0.253 e. The maximum atomic E-state index is 11.8. The van der Waals surface area contributed by atoms with Crippen molar-refractivity contribution >= 4 is 17.5 Å². The standard InChI is InChI=1S/C19H28ClN5O2/c1-23-5-7-24(8-6-23)9-10-27-17-4-2-3-14-12-25(13-15(14)17)16-11-21-22-19(26)18(16)20/h2-4,16,18,21H,5-13H2,1H3,(H,22,26). The Kier molecular flexibility index (Phi) is 5.85. The fourth-order valence-corrected chi connectivity index (χ4v) is 4.35. The zero-order valence-electron chi connectivity index (χ0n) is 15.8. The maximum absolute atomic E-state index is 11.8. The molecule has 0 spiro atoms. The van der Waals surface area contributed by atoms with Crippen molar-refractivity contribution in [2.24, 2.45) is 0 Å². The topological polar surface area (TPSA) is 60.1 Å². The molecule has 0 aromatic heterocycles. The second-order valence-electron chi connectivity index (χ2n) is 7.63. The van der Waals surface area contributed by atoms with Gasteiger partial charge in [0, 0.05) is 64.0 Å². The van der Waals surface area contributed by atoms with Gasteiger partial charge in [-0.3, -0.25) is 20.0 Å². The van der Waals surface area contributed by atoms with Gasteiger partial charge in [-0.25, -0.2) is 5.43 Å². The Morgan fingerprint density at radius 1 is 1.22 bits per heavy atom. The molecule has 2 atom stereocenters. The highest BCUT2D eigenvalue weighted by Gasteiger charge is 2.37. The van der Waals surface area contributed by atoms with Crippen molar-refractivity contribution < 1.29 is 9.53 Å². The molecule has 3 heterocycles. The van der Waals surface area contributed by atoms with E-state index in [2.05, 4.69) is 50.8 Å². The molecule has 0 bridgehead atoms. The predicted octanol–water partition coefficient (Wildman–Crippen LogP) is 0.239. The van der Waals surface area contributed by atoms with E-state index >= 15 is 0 Å². The van der Waals surface area contributed by atoms with E-state index in [-0.39, 0.29) is 11.9 Å². The van der Waals surface area contributed by atoms with Crippen molar-refractivity contribution in [3.63, 3.8) is 0 Å². The average molecular weight is 394 g/mol. The molecule has 7 nitrogen and oxygen atoms in total. The molecule has 1 aromatic rings. The van der Waals surface area contributed by atoms with Gasteiger partial charge in [0.1, 0.15) is 17.7 Å². The van der Waals surface area contributed by atoms with Crippen LogP contribution in [0, 0.1) is 0 Å². The quantitative estimate of drug-likeness (QED) is 0.699. The zero-order chi connectivity index (χ0) is 18.8. The lowest BCUT2D eigenvalue weighted by Crippen LogP contribution is -2.60. The summed E-state index contributed by atoms with van der Waals surface area (Å²) in [6.07, 6.45) is 0. The lowest BCUT2D eigenvalue weighted by molar-refractivity contribution is -0.124. The first-order chi connectivity index (χ1) is 13.1. The number of piperazine rings is 1. The fraction of sp³-hybridized carbons (Fsp3) is 0.632. The first kappa shape index (κ1) is 19.0. The van der Waals surface area contributed by atoms with Crippen LogP contribution in [0.3, 0.4) is 0 Å². The molecule has 2 fully saturated rings. The van der Waals surface area contributed by atoms with E-state index in [1.807, 2.05) is 0 Å². The van der Waals surface area contributed by atoms with Crippen LogP contribution in [-0.4, -0.2) is 84.9 Å². The number of hydrazine groups is 1. The van der Waals surface area contributed by atoms with Crippen molar-refractivity contribution in [1.29, 1.82) is 0 Å². The Morgan fingerprint density at radius 3 is 2.85 bits per heavy atom. The molecule has 0 saturated carbocycles. The highest BCUT2D eigenvalue weighted by molar-refractivity contribution is 6.31. The van der Waals surface area contributed by atoms with Crippen LogP contribution >= 0.6 is 11.6 Å². The first-order valence-electron chi connectivity index (χ1n) is 9.67. The number of hydrogen-bond donors (Lipinski definition) is 2. The van der Waals surface area contributed by atoms with Gasteiger partial charge in [-0.1, -0.05) is 12.1 Å². The molecule has 2 saturated heterocycles. The summed E-state index contributed by atoms with van der Waals surface area (Å²) in [5.74, 6) is 0.802. The number of rotatable bonds is 5. The van der Waals surface area contributed by atoms with Gasteiger partial charge in [-0.15, -0.1) is 11.6 Å². The largest absolute Gasteiger partial charge is 0.492 e. The monoisotopic (exact) mass is 393 g/mol. The van der Waals surface area contributed by atoms with E-state index in [4.69, 9.17) is 16.3 Å². The van der Waals surface area contributed by atoms with E-state index in [9.17, 15) is 4.79 Å². The van der Waals surface area contributed by atoms with Crippen LogP contribution in [0.1, 0.15) is 11.1 Å². The van der Waals surface area contributed by atoms with Crippen LogP contribution in [-0.2, 0) is 17.9 Å². The fourth-order valence-electron chi connectivity index (χ4n) is 4.05. The van der Waals surface area contributed by atoms with Crippen LogP contribution in [0.5, 0.6) is 5.75 Å². The van der Waals surface area contributed by atoms with Crippen molar-refractivity contribution in [1.82, 2.24) is 25.6 Å². The van der Waals surface area contributed by atoms with Gasteiger partial charge in [0.05, 0.1) is 0 Å². The van der Waals surface area contributed by atoms with Crippen LogP contribution in [0.15, 0.2) is 18.2 Å². The normalized spacial score (nSPS) is 27.4. The molecule has 148 valence electrons. The third-order valence-electron chi connectivity index (χ3n) is 5.81. The van der Waals surface area contributed by atoms with Gasteiger partial charge in [0.15, 0.2) is 0 Å². The van der Waals surface area contributed by atoms with E-state index < -0.39 is 5.38 Å². The molecule has 4 rings (SSSR count). The highest BCUT2D eigenvalue weighted by atomic mass is 35.5. The number of carbonyl (C=O) groups is 1. The summed E-state index contributed by atoms with van der Waals surface area (Å²) in [7, 11) is 2.17. The minimum Gasteiger partial charge on any atom is -0.492 e. The Labute approximate surface area is 165 Å². The summed E-state index contributed by atoms with van der Waals surface area (Å²) in [5, 5.41) is -0.540. The molecule has 1 aromatic carbocycles. The molecule has 0 radical (unpaired) electrons. The third-order valence-corrected chi connectivity index (χ3v) is 6.29. The van der Waals surface area contributed by atoms with E-state index in [1.165, 1.54) is 11.1 Å². The number of benzene rings is 1. The highest BCUT2D eigenvalue weighted by Crippen LogP contribution is 2.33. The summed E-state index contributed by atoms with van der Waals surface area (Å²) in [6, 6.07) is 6.22. The Morgan fingerprint density at radius 2 is 2.04 bits per heavy atom. The number of alkyl halides is 1. The number of amides is 1. The van der Waals surface area contributed by atoms with Gasteiger partial charge in [-0.2, -0.15) is 0 Å². The third kappa shape index (κ3) is 4.22.